The van der Waals surface area contributed by atoms with Crippen LogP contribution in [0, 0.1) is 10.1 Å². The number of benzene rings is 1. The summed E-state index contributed by atoms with van der Waals surface area (Å²) in [4.78, 5) is 29.3. The van der Waals surface area contributed by atoms with E-state index in [1.165, 1.54) is 24.3 Å². The van der Waals surface area contributed by atoms with Crippen molar-refractivity contribution >= 4 is 17.4 Å². The maximum absolute atomic E-state index is 11.9. The van der Waals surface area contributed by atoms with Crippen molar-refractivity contribution < 1.29 is 14.6 Å². The molecule has 7 nitrogen and oxygen atoms in total. The van der Waals surface area contributed by atoms with Gasteiger partial charge in [0.15, 0.2) is 0 Å². The minimum Gasteiger partial charge on any atom is -0.313 e. The van der Waals surface area contributed by atoms with Gasteiger partial charge in [-0.1, -0.05) is 5.16 Å². The first-order valence-corrected chi connectivity index (χ1v) is 7.28. The molecule has 3 rings (SSSR count). The van der Waals surface area contributed by atoms with E-state index in [0.717, 1.165) is 31.4 Å². The number of oxime groups is 1. The van der Waals surface area contributed by atoms with Crippen molar-refractivity contribution in [2.75, 3.05) is 7.05 Å². The number of rotatable bonds is 3. The smallest absolute Gasteiger partial charge is 0.313 e. The lowest BCUT2D eigenvalue weighted by molar-refractivity contribution is -0.384. The summed E-state index contributed by atoms with van der Waals surface area (Å²) in [6.07, 6.45) is 3.99. The molecule has 116 valence electrons. The predicted octanol–water partition coefficient (Wildman–Crippen LogP) is 2.36. The Morgan fingerprint density at radius 2 is 1.86 bits per heavy atom. The summed E-state index contributed by atoms with van der Waals surface area (Å²) in [5, 5.41) is 14.6. The molecule has 1 aromatic carbocycles. The van der Waals surface area contributed by atoms with E-state index in [2.05, 4.69) is 17.1 Å². The molecule has 0 unspecified atom stereocenters. The highest BCUT2D eigenvalue weighted by molar-refractivity contribution is 5.91. The van der Waals surface area contributed by atoms with Crippen molar-refractivity contribution in [3.63, 3.8) is 0 Å². The molecule has 0 spiro atoms. The van der Waals surface area contributed by atoms with E-state index in [1.807, 2.05) is 0 Å². The molecular formula is C15H17N3O4. The van der Waals surface area contributed by atoms with Gasteiger partial charge in [0.1, 0.15) is 0 Å². The van der Waals surface area contributed by atoms with E-state index >= 15 is 0 Å². The first-order chi connectivity index (χ1) is 10.5. The second-order valence-electron chi connectivity index (χ2n) is 5.80. The van der Waals surface area contributed by atoms with E-state index in [-0.39, 0.29) is 11.3 Å². The van der Waals surface area contributed by atoms with Crippen LogP contribution in [0.4, 0.5) is 5.69 Å². The summed E-state index contributed by atoms with van der Waals surface area (Å²) in [5.74, 6) is -0.589. The molecule has 0 saturated carbocycles. The largest absolute Gasteiger partial charge is 0.365 e. The zero-order valence-corrected chi connectivity index (χ0v) is 12.3. The van der Waals surface area contributed by atoms with E-state index in [0.29, 0.717) is 12.1 Å². The lowest BCUT2D eigenvalue weighted by Crippen LogP contribution is -2.40. The van der Waals surface area contributed by atoms with Gasteiger partial charge in [0.2, 0.25) is 0 Å². The zero-order chi connectivity index (χ0) is 15.7. The Kier molecular flexibility index (Phi) is 3.89. The van der Waals surface area contributed by atoms with E-state index in [9.17, 15) is 14.9 Å². The van der Waals surface area contributed by atoms with Crippen molar-refractivity contribution in [2.45, 2.75) is 37.8 Å². The number of nitro groups is 1. The van der Waals surface area contributed by atoms with Crippen molar-refractivity contribution in [2.24, 2.45) is 5.16 Å². The molecule has 2 saturated heterocycles. The lowest BCUT2D eigenvalue weighted by Gasteiger charge is -2.31. The summed E-state index contributed by atoms with van der Waals surface area (Å²) in [5.41, 5.74) is 1.11. The first kappa shape index (κ1) is 14.6. The minimum atomic E-state index is -0.589. The highest BCUT2D eigenvalue weighted by Gasteiger charge is 2.37. The molecule has 2 bridgehead atoms. The number of nitro benzene ring substituents is 1. The van der Waals surface area contributed by atoms with E-state index in [4.69, 9.17) is 4.84 Å². The molecule has 2 aliphatic rings. The minimum absolute atomic E-state index is 0.0604. The van der Waals surface area contributed by atoms with Crippen molar-refractivity contribution in [1.82, 2.24) is 4.90 Å². The normalized spacial score (nSPS) is 26.1. The Balaban J connectivity index is 1.62. The van der Waals surface area contributed by atoms with Gasteiger partial charge in [0.05, 0.1) is 16.2 Å². The van der Waals surface area contributed by atoms with Gasteiger partial charge in [-0.2, -0.15) is 0 Å². The van der Waals surface area contributed by atoms with Crippen LogP contribution >= 0.6 is 0 Å². The predicted molar refractivity (Wildman–Crippen MR) is 79.8 cm³/mol. The molecule has 0 aromatic heterocycles. The fraction of sp³-hybridized carbons (Fsp3) is 0.467. The summed E-state index contributed by atoms with van der Waals surface area (Å²) in [6.45, 7) is 0. The molecule has 22 heavy (non-hydrogen) atoms. The number of carbonyl (C=O) groups is 1. The van der Waals surface area contributed by atoms with Gasteiger partial charge in [-0.05, 0) is 32.0 Å². The number of non-ortho nitro benzene ring substituents is 1. The van der Waals surface area contributed by atoms with Crippen LogP contribution in [0.5, 0.6) is 0 Å². The lowest BCUT2D eigenvalue weighted by atomic mass is 10.0. The van der Waals surface area contributed by atoms with Crippen LogP contribution in [0.25, 0.3) is 0 Å². The monoisotopic (exact) mass is 303 g/mol. The molecule has 0 aliphatic carbocycles. The molecule has 0 amide bonds. The third kappa shape index (κ3) is 2.85. The second-order valence-corrected chi connectivity index (χ2v) is 5.80. The third-order valence-electron chi connectivity index (χ3n) is 4.50. The molecular weight excluding hydrogens is 286 g/mol. The van der Waals surface area contributed by atoms with Gasteiger partial charge in [-0.25, -0.2) is 4.79 Å². The maximum atomic E-state index is 11.9. The van der Waals surface area contributed by atoms with Crippen molar-refractivity contribution in [3.05, 3.63) is 39.9 Å². The van der Waals surface area contributed by atoms with Gasteiger partial charge in [-0.3, -0.25) is 15.0 Å². The molecule has 0 N–H and O–H groups in total. The molecule has 2 aliphatic heterocycles. The summed E-state index contributed by atoms with van der Waals surface area (Å²) < 4.78 is 0. The number of hydrogen-bond donors (Lipinski definition) is 0. The van der Waals surface area contributed by atoms with Crippen LogP contribution < -0.4 is 0 Å². The van der Waals surface area contributed by atoms with E-state index in [1.54, 1.807) is 0 Å². The third-order valence-corrected chi connectivity index (χ3v) is 4.50. The van der Waals surface area contributed by atoms with Crippen LogP contribution in [0.3, 0.4) is 0 Å². The van der Waals surface area contributed by atoms with Gasteiger partial charge < -0.3 is 4.84 Å². The Labute approximate surface area is 127 Å². The van der Waals surface area contributed by atoms with Gasteiger partial charge in [-0.15, -0.1) is 0 Å². The van der Waals surface area contributed by atoms with Gasteiger partial charge in [0.25, 0.3) is 5.69 Å². The van der Waals surface area contributed by atoms with Crippen LogP contribution in [-0.2, 0) is 4.84 Å². The molecule has 1 aromatic rings. The molecule has 2 fully saturated rings. The quantitative estimate of drug-likeness (QED) is 0.486. The van der Waals surface area contributed by atoms with Crippen molar-refractivity contribution in [1.29, 1.82) is 0 Å². The Morgan fingerprint density at radius 3 is 2.41 bits per heavy atom. The van der Waals surface area contributed by atoms with Crippen LogP contribution in [0.1, 0.15) is 36.0 Å². The topological polar surface area (TPSA) is 85.0 Å². The molecule has 2 heterocycles. The average Bonchev–Trinajstić information content (AvgIpc) is 2.75. The highest BCUT2D eigenvalue weighted by atomic mass is 16.7. The first-order valence-electron chi connectivity index (χ1n) is 7.28. The Hall–Kier alpha value is -2.28. The zero-order valence-electron chi connectivity index (χ0n) is 12.3. The van der Waals surface area contributed by atoms with Gasteiger partial charge in [0, 0.05) is 37.1 Å². The van der Waals surface area contributed by atoms with Gasteiger partial charge >= 0.3 is 5.97 Å². The molecule has 0 radical (unpaired) electrons. The molecule has 7 heteroatoms. The highest BCUT2D eigenvalue weighted by Crippen LogP contribution is 2.32. The van der Waals surface area contributed by atoms with E-state index < -0.39 is 10.9 Å². The summed E-state index contributed by atoms with van der Waals surface area (Å²) in [6, 6.07) is 6.29. The fourth-order valence-corrected chi connectivity index (χ4v) is 3.16. The number of piperidine rings is 1. The Morgan fingerprint density at radius 1 is 1.27 bits per heavy atom. The Bertz CT molecular complexity index is 610. The fourth-order valence-electron chi connectivity index (χ4n) is 3.16. The summed E-state index contributed by atoms with van der Waals surface area (Å²) in [7, 11) is 2.13. The molecule has 2 atom stereocenters. The maximum Gasteiger partial charge on any atom is 0.365 e. The number of nitrogens with zero attached hydrogens (tertiary/aromatic N) is 3. The summed E-state index contributed by atoms with van der Waals surface area (Å²) >= 11 is 0. The van der Waals surface area contributed by atoms with Crippen LogP contribution in [0.15, 0.2) is 29.4 Å². The van der Waals surface area contributed by atoms with Crippen LogP contribution in [-0.4, -0.2) is 40.6 Å². The van der Waals surface area contributed by atoms with Crippen molar-refractivity contribution in [3.8, 4) is 0 Å². The number of hydrogen-bond acceptors (Lipinski definition) is 6. The SMILES string of the molecule is CN1[C@@H]2CC[C@H]1CC(=NOC(=O)c1ccc([N+](=O)[O-])cc1)C2. The average molecular weight is 303 g/mol. The number of carbonyl (C=O) groups excluding carboxylic acids is 1. The second kappa shape index (κ2) is 5.84. The number of fused-ring (bicyclic) bond motifs is 2. The standard InChI is InChI=1S/C15H17N3O4/c1-17-13-6-7-14(17)9-11(8-13)16-22-15(19)10-2-4-12(5-3-10)18(20)21/h2-5,13-14H,6-9H2,1H3/t13-,14+. The van der Waals surface area contributed by atoms with Crippen LogP contribution in [0.2, 0.25) is 0 Å².